The van der Waals surface area contributed by atoms with E-state index in [2.05, 4.69) is 15.3 Å². The third-order valence-electron chi connectivity index (χ3n) is 3.63. The number of hydrogen-bond acceptors (Lipinski definition) is 4. The maximum Gasteiger partial charge on any atom is 0.404 e. The molecule has 6 nitrogen and oxygen atoms in total. The molecule has 0 aliphatic heterocycles. The van der Waals surface area contributed by atoms with Gasteiger partial charge in [0.2, 0.25) is 11.2 Å². The monoisotopic (exact) mass is 369 g/mol. The number of aromatic nitrogens is 2. The van der Waals surface area contributed by atoms with Crippen LogP contribution < -0.4 is 10.1 Å². The second kappa shape index (κ2) is 8.31. The number of amides is 1. The predicted octanol–water partition coefficient (Wildman–Crippen LogP) is 4.40. The summed E-state index contributed by atoms with van der Waals surface area (Å²) in [6.07, 6.45) is 1.17. The summed E-state index contributed by atoms with van der Waals surface area (Å²) in [5.74, 6) is 1.02. The lowest BCUT2D eigenvalue weighted by molar-refractivity contribution is 0.194. The Morgan fingerprint density at radius 3 is 2.65 bits per heavy atom. The van der Waals surface area contributed by atoms with Crippen LogP contribution >= 0.6 is 11.6 Å². The van der Waals surface area contributed by atoms with Crippen LogP contribution in [-0.2, 0) is 6.42 Å². The first-order valence-electron chi connectivity index (χ1n) is 7.93. The van der Waals surface area contributed by atoms with Gasteiger partial charge in [0.15, 0.2) is 0 Å². The molecule has 1 aromatic heterocycles. The van der Waals surface area contributed by atoms with Crippen molar-refractivity contribution in [2.75, 3.05) is 6.54 Å². The summed E-state index contributed by atoms with van der Waals surface area (Å²) in [5, 5.41) is 11.1. The molecular weight excluding hydrogens is 354 g/mol. The Labute approximate surface area is 155 Å². The molecule has 0 spiro atoms. The summed E-state index contributed by atoms with van der Waals surface area (Å²) in [7, 11) is 0. The van der Waals surface area contributed by atoms with E-state index in [4.69, 9.17) is 21.4 Å². The summed E-state index contributed by atoms with van der Waals surface area (Å²) in [6.45, 7) is 0.388. The highest BCUT2D eigenvalue weighted by Gasteiger charge is 2.04. The number of carboxylic acid groups (broad SMARTS) is 1. The minimum atomic E-state index is -1.01. The molecule has 0 saturated heterocycles. The maximum absolute atomic E-state index is 10.5. The highest BCUT2D eigenvalue weighted by Crippen LogP contribution is 2.27. The summed E-state index contributed by atoms with van der Waals surface area (Å²) < 4.78 is 5.72. The molecule has 2 N–H and O–H groups in total. The predicted molar refractivity (Wildman–Crippen MR) is 98.7 cm³/mol. The first-order valence-corrected chi connectivity index (χ1v) is 8.30. The van der Waals surface area contributed by atoms with Gasteiger partial charge in [0, 0.05) is 18.8 Å². The van der Waals surface area contributed by atoms with Gasteiger partial charge in [-0.25, -0.2) is 9.78 Å². The lowest BCUT2D eigenvalue weighted by Gasteiger charge is -2.08. The van der Waals surface area contributed by atoms with Crippen molar-refractivity contribution < 1.29 is 14.6 Å². The normalized spacial score (nSPS) is 10.3. The topological polar surface area (TPSA) is 84.3 Å². The SMILES string of the molecule is O=C(O)NCCc1ccc(-c2cccc(Oc3ccnc(Cl)n3)c2)cc1. The molecule has 3 rings (SSSR count). The Kier molecular flexibility index (Phi) is 5.66. The number of nitrogens with one attached hydrogen (secondary N) is 1. The van der Waals surface area contributed by atoms with E-state index in [1.165, 1.54) is 6.20 Å². The fraction of sp³-hybridized carbons (Fsp3) is 0.105. The minimum absolute atomic E-state index is 0.131. The fourth-order valence-electron chi connectivity index (χ4n) is 2.41. The van der Waals surface area contributed by atoms with Gasteiger partial charge in [-0.1, -0.05) is 36.4 Å². The van der Waals surface area contributed by atoms with Crippen LogP contribution in [0.2, 0.25) is 5.28 Å². The van der Waals surface area contributed by atoms with Crippen molar-refractivity contribution in [3.05, 3.63) is 71.6 Å². The van der Waals surface area contributed by atoms with Crippen molar-refractivity contribution in [1.82, 2.24) is 15.3 Å². The second-order valence-electron chi connectivity index (χ2n) is 5.47. The van der Waals surface area contributed by atoms with Gasteiger partial charge < -0.3 is 15.2 Å². The van der Waals surface area contributed by atoms with E-state index in [-0.39, 0.29) is 5.28 Å². The summed E-state index contributed by atoms with van der Waals surface area (Å²) >= 11 is 5.77. The number of rotatable bonds is 6. The van der Waals surface area contributed by atoms with Crippen LogP contribution in [0.4, 0.5) is 4.79 Å². The van der Waals surface area contributed by atoms with Crippen LogP contribution in [0.25, 0.3) is 11.1 Å². The Morgan fingerprint density at radius 2 is 1.92 bits per heavy atom. The molecule has 0 radical (unpaired) electrons. The van der Waals surface area contributed by atoms with Crippen LogP contribution in [0.1, 0.15) is 5.56 Å². The number of ether oxygens (including phenoxy) is 1. The largest absolute Gasteiger partial charge is 0.465 e. The molecule has 0 bridgehead atoms. The van der Waals surface area contributed by atoms with Crippen LogP contribution in [0.3, 0.4) is 0 Å². The lowest BCUT2D eigenvalue weighted by Crippen LogP contribution is -2.23. The van der Waals surface area contributed by atoms with Gasteiger partial charge in [-0.2, -0.15) is 4.98 Å². The molecule has 7 heteroatoms. The zero-order valence-corrected chi connectivity index (χ0v) is 14.5. The maximum atomic E-state index is 10.5. The van der Waals surface area contributed by atoms with Crippen molar-refractivity contribution in [1.29, 1.82) is 0 Å². The molecule has 0 fully saturated rings. The number of carbonyl (C=O) groups is 1. The summed E-state index contributed by atoms with van der Waals surface area (Å²) in [4.78, 5) is 18.3. The van der Waals surface area contributed by atoms with Crippen molar-refractivity contribution in [2.45, 2.75) is 6.42 Å². The lowest BCUT2D eigenvalue weighted by atomic mass is 10.0. The molecule has 132 valence electrons. The Morgan fingerprint density at radius 1 is 1.12 bits per heavy atom. The first kappa shape index (κ1) is 17.7. The third kappa shape index (κ3) is 4.94. The van der Waals surface area contributed by atoms with Gasteiger partial charge in [0.05, 0.1) is 0 Å². The molecular formula is C19H16ClN3O3. The minimum Gasteiger partial charge on any atom is -0.465 e. The molecule has 26 heavy (non-hydrogen) atoms. The number of halogens is 1. The van der Waals surface area contributed by atoms with Gasteiger partial charge in [0.1, 0.15) is 5.75 Å². The summed E-state index contributed by atoms with van der Waals surface area (Å²) in [6, 6.07) is 17.2. The zero-order valence-electron chi connectivity index (χ0n) is 13.7. The average molecular weight is 370 g/mol. The first-order chi connectivity index (χ1) is 12.6. The smallest absolute Gasteiger partial charge is 0.404 e. The van der Waals surface area contributed by atoms with E-state index in [1.54, 1.807) is 6.07 Å². The van der Waals surface area contributed by atoms with Gasteiger partial charge in [-0.05, 0) is 46.8 Å². The second-order valence-corrected chi connectivity index (χ2v) is 5.81. The van der Waals surface area contributed by atoms with Gasteiger partial charge in [-0.15, -0.1) is 0 Å². The molecule has 2 aromatic carbocycles. The van der Waals surface area contributed by atoms with Crippen LogP contribution in [0, 0.1) is 0 Å². The summed E-state index contributed by atoms with van der Waals surface area (Å²) in [5.41, 5.74) is 3.09. The number of nitrogens with zero attached hydrogens (tertiary/aromatic N) is 2. The van der Waals surface area contributed by atoms with Crippen LogP contribution in [0.5, 0.6) is 11.6 Å². The van der Waals surface area contributed by atoms with E-state index in [0.29, 0.717) is 24.6 Å². The highest BCUT2D eigenvalue weighted by molar-refractivity contribution is 6.28. The van der Waals surface area contributed by atoms with Crippen LogP contribution in [-0.4, -0.2) is 27.7 Å². The van der Waals surface area contributed by atoms with E-state index >= 15 is 0 Å². The molecule has 1 amide bonds. The molecule has 0 atom stereocenters. The molecule has 0 unspecified atom stereocenters. The van der Waals surface area contributed by atoms with E-state index in [9.17, 15) is 4.79 Å². The van der Waals surface area contributed by atoms with E-state index in [0.717, 1.165) is 16.7 Å². The molecule has 3 aromatic rings. The van der Waals surface area contributed by atoms with Crippen LogP contribution in [0.15, 0.2) is 60.8 Å². The van der Waals surface area contributed by atoms with Crippen molar-refractivity contribution >= 4 is 17.7 Å². The Hall–Kier alpha value is -3.12. The number of hydrogen-bond donors (Lipinski definition) is 2. The molecule has 0 saturated carbocycles. The van der Waals surface area contributed by atoms with E-state index in [1.807, 2.05) is 48.5 Å². The zero-order chi connectivity index (χ0) is 18.4. The Balaban J connectivity index is 1.70. The third-order valence-corrected chi connectivity index (χ3v) is 3.82. The Bertz CT molecular complexity index is 901. The highest BCUT2D eigenvalue weighted by atomic mass is 35.5. The fourth-order valence-corrected chi connectivity index (χ4v) is 2.55. The van der Waals surface area contributed by atoms with Gasteiger partial charge in [-0.3, -0.25) is 0 Å². The van der Waals surface area contributed by atoms with Gasteiger partial charge >= 0.3 is 6.09 Å². The number of benzene rings is 2. The van der Waals surface area contributed by atoms with E-state index < -0.39 is 6.09 Å². The quantitative estimate of drug-likeness (QED) is 0.629. The van der Waals surface area contributed by atoms with Gasteiger partial charge in [0.25, 0.3) is 0 Å². The van der Waals surface area contributed by atoms with Crippen molar-refractivity contribution in [2.24, 2.45) is 0 Å². The van der Waals surface area contributed by atoms with Crippen molar-refractivity contribution in [3.8, 4) is 22.8 Å². The average Bonchev–Trinajstić information content (AvgIpc) is 2.62. The van der Waals surface area contributed by atoms with Crippen molar-refractivity contribution in [3.63, 3.8) is 0 Å². The molecule has 0 aliphatic rings. The molecule has 0 aliphatic carbocycles. The molecule has 1 heterocycles. The standard InChI is InChI=1S/C19H16ClN3O3/c20-18-21-11-9-17(23-18)26-16-3-1-2-15(12-16)14-6-4-13(5-7-14)8-10-22-19(24)25/h1-7,9,11-12,22H,8,10H2,(H,24,25).